The van der Waals surface area contributed by atoms with Crippen LogP contribution in [0, 0.1) is 5.92 Å². The first-order valence-electron chi connectivity index (χ1n) is 10.8. The Morgan fingerprint density at radius 3 is 1.23 bits per heavy atom. The van der Waals surface area contributed by atoms with Gasteiger partial charge in [-0.1, -0.05) is 120 Å². The minimum atomic E-state index is -1.83. The molecule has 30 heavy (non-hydrogen) atoms. The Morgan fingerprint density at radius 1 is 0.733 bits per heavy atom. The van der Waals surface area contributed by atoms with Gasteiger partial charge in [0.25, 0.3) is 0 Å². The maximum atomic E-state index is 5.37. The molecule has 0 fully saturated rings. The molecule has 0 radical (unpaired) electrons. The first-order valence-corrected chi connectivity index (χ1v) is 16.9. The Bertz CT molecular complexity index is 608. The van der Waals surface area contributed by atoms with Crippen molar-refractivity contribution in [3.63, 3.8) is 0 Å². The molecule has 0 aliphatic heterocycles. The molecule has 1 aromatic carbocycles. The maximum absolute atomic E-state index is 5.37. The topological polar surface area (TPSA) is 42.3 Å². The maximum Gasteiger partial charge on any atom is 4.00 e. The van der Waals surface area contributed by atoms with Crippen LogP contribution < -0.4 is 0 Å². The van der Waals surface area contributed by atoms with Crippen LogP contribution in [0.15, 0.2) is 24.3 Å². The van der Waals surface area contributed by atoms with E-state index in [0.717, 1.165) is 0 Å². The molecule has 0 amide bonds. The van der Waals surface area contributed by atoms with Crippen LogP contribution in [0.1, 0.15) is 70.7 Å². The molecule has 1 aromatic rings. The van der Waals surface area contributed by atoms with E-state index in [1.807, 2.05) is 0 Å². The average molecular weight is 523 g/mol. The number of rotatable bonds is 4. The summed E-state index contributed by atoms with van der Waals surface area (Å²) in [6.45, 7) is 25.6. The van der Waals surface area contributed by atoms with Crippen LogP contribution in [-0.2, 0) is 26.2 Å². The van der Waals surface area contributed by atoms with Crippen molar-refractivity contribution >= 4 is 16.5 Å². The van der Waals surface area contributed by atoms with Gasteiger partial charge in [-0.15, -0.1) is 11.1 Å². The van der Waals surface area contributed by atoms with Crippen molar-refractivity contribution < 1.29 is 26.2 Å². The fourth-order valence-electron chi connectivity index (χ4n) is 5.43. The van der Waals surface area contributed by atoms with Gasteiger partial charge in [-0.3, -0.25) is 0 Å². The van der Waals surface area contributed by atoms with Gasteiger partial charge in [0.1, 0.15) is 0 Å². The van der Waals surface area contributed by atoms with Gasteiger partial charge in [0.05, 0.1) is 0 Å². The number of hydrogen-bond donors (Lipinski definition) is 0. The molecule has 0 spiro atoms. The average Bonchev–Trinajstić information content (AvgIpc) is 2.75. The smallest absolute Gasteiger partial charge is 0.668 e. The van der Waals surface area contributed by atoms with Gasteiger partial charge in [-0.25, -0.2) is 0 Å². The molecule has 0 bridgehead atoms. The Hall–Kier alpha value is 0.417. The summed E-state index contributed by atoms with van der Waals surface area (Å²) in [5.41, 5.74) is 4.11. The zero-order chi connectivity index (χ0) is 22.8. The molecule has 0 N–H and O–H groups in total. The molecule has 168 valence electrons. The third-order valence-corrected chi connectivity index (χ3v) is 12.0. The van der Waals surface area contributed by atoms with Gasteiger partial charge >= 0.3 is 26.2 Å². The van der Waals surface area contributed by atoms with Crippen molar-refractivity contribution in [3.05, 3.63) is 56.6 Å². The second kappa shape index (κ2) is 11.0. The summed E-state index contributed by atoms with van der Waals surface area (Å²) in [5, 5.41) is 3.50. The molecule has 0 saturated heterocycles. The predicted octanol–water partition coefficient (Wildman–Crippen LogP) is 7.91. The molecule has 0 heterocycles. The van der Waals surface area contributed by atoms with Crippen molar-refractivity contribution in [3.8, 4) is 0 Å². The standard InChI is InChI=1S/C22H39N2Si2.C2H6N.Zr/c1-16-19(25(8,9)23-21(2,3)4)17-14-12-13-15-18(17)20(16)26(10,11)24-22(5,6)7;1-3-2;/h12-15,19-20H,1-11H3;1-2H3;/q-3;-1;+4. The SMILES string of the molecule is C[C-]1C([Si](C)(C)[N-]C(C)(C)C)c2ccccc2C1[Si](C)(C)[N-]C(C)(C)C.C[N-]C.[Zr+4]. The molecule has 2 rings (SSSR count). The van der Waals surface area contributed by atoms with Gasteiger partial charge in [0.2, 0.25) is 0 Å². The second-order valence-corrected chi connectivity index (χ2v) is 19.8. The van der Waals surface area contributed by atoms with Crippen molar-refractivity contribution in [2.45, 2.75) is 96.8 Å². The molecule has 3 nitrogen and oxygen atoms in total. The summed E-state index contributed by atoms with van der Waals surface area (Å²) in [4.78, 5) is 10.7. The Kier molecular flexibility index (Phi) is 11.2. The summed E-state index contributed by atoms with van der Waals surface area (Å²) in [6.07, 6.45) is 0. The molecular formula is C24H45N3Si2Zr. The van der Waals surface area contributed by atoms with E-state index in [4.69, 9.17) is 9.96 Å². The first kappa shape index (κ1) is 30.4. The molecule has 0 saturated carbocycles. The van der Waals surface area contributed by atoms with Crippen LogP contribution in [0.2, 0.25) is 26.2 Å². The van der Waals surface area contributed by atoms with Crippen LogP contribution >= 0.6 is 0 Å². The van der Waals surface area contributed by atoms with E-state index in [0.29, 0.717) is 11.1 Å². The van der Waals surface area contributed by atoms with Crippen molar-refractivity contribution in [1.29, 1.82) is 0 Å². The molecule has 2 atom stereocenters. The Morgan fingerprint density at radius 2 is 1.00 bits per heavy atom. The van der Waals surface area contributed by atoms with Gasteiger partial charge in [0.15, 0.2) is 0 Å². The van der Waals surface area contributed by atoms with E-state index >= 15 is 0 Å². The molecule has 2 unspecified atom stereocenters. The zero-order valence-electron chi connectivity index (χ0n) is 21.8. The largest absolute Gasteiger partial charge is 4.00 e. The van der Waals surface area contributed by atoms with E-state index in [9.17, 15) is 0 Å². The third kappa shape index (κ3) is 8.08. The molecular weight excluding hydrogens is 478 g/mol. The number of nitrogens with zero attached hydrogens (tertiary/aromatic N) is 3. The number of fused-ring (bicyclic) bond motifs is 1. The zero-order valence-corrected chi connectivity index (χ0v) is 26.3. The van der Waals surface area contributed by atoms with E-state index < -0.39 is 16.5 Å². The summed E-state index contributed by atoms with van der Waals surface area (Å²) in [5.74, 6) is 1.63. The monoisotopic (exact) mass is 521 g/mol. The van der Waals surface area contributed by atoms with Crippen molar-refractivity contribution in [1.82, 2.24) is 0 Å². The minimum Gasteiger partial charge on any atom is -0.668 e. The van der Waals surface area contributed by atoms with Crippen LogP contribution in [0.3, 0.4) is 0 Å². The fraction of sp³-hybridized carbons (Fsp3) is 0.708. The molecule has 6 heteroatoms. The number of benzene rings is 1. The third-order valence-electron chi connectivity index (χ3n) is 5.19. The minimum absolute atomic E-state index is 0. The van der Waals surface area contributed by atoms with Gasteiger partial charge < -0.3 is 21.2 Å². The first-order chi connectivity index (χ1) is 13.0. The van der Waals surface area contributed by atoms with Crippen LogP contribution in [0.4, 0.5) is 0 Å². The van der Waals surface area contributed by atoms with Crippen LogP contribution in [0.5, 0.6) is 0 Å². The summed E-state index contributed by atoms with van der Waals surface area (Å²) < 4.78 is 0. The molecule has 1 aliphatic rings. The normalized spacial score (nSPS) is 20.2. The predicted molar refractivity (Wildman–Crippen MR) is 137 cm³/mol. The van der Waals surface area contributed by atoms with Crippen LogP contribution in [-0.4, -0.2) is 41.6 Å². The molecule has 0 aromatic heterocycles. The van der Waals surface area contributed by atoms with E-state index in [2.05, 4.69) is 104 Å². The molecule has 1 aliphatic carbocycles. The second-order valence-electron chi connectivity index (χ2n) is 11.6. The van der Waals surface area contributed by atoms with Crippen molar-refractivity contribution in [2.24, 2.45) is 0 Å². The summed E-state index contributed by atoms with van der Waals surface area (Å²) in [6, 6.07) is 9.13. The van der Waals surface area contributed by atoms with Gasteiger partial charge in [-0.2, -0.15) is 32.1 Å². The number of hydrogen-bond acceptors (Lipinski definition) is 0. The van der Waals surface area contributed by atoms with E-state index in [1.54, 1.807) is 20.0 Å². The summed E-state index contributed by atoms with van der Waals surface area (Å²) in [7, 11) is -0.161. The fourth-order valence-corrected chi connectivity index (χ4v) is 13.9. The van der Waals surface area contributed by atoms with Gasteiger partial charge in [0, 0.05) is 0 Å². The Balaban J connectivity index is 0.00000198. The van der Waals surface area contributed by atoms with Crippen molar-refractivity contribution in [2.75, 3.05) is 14.1 Å². The van der Waals surface area contributed by atoms with Gasteiger partial charge in [-0.05, 0) is 0 Å². The van der Waals surface area contributed by atoms with Crippen LogP contribution in [0.25, 0.3) is 15.3 Å². The van der Waals surface area contributed by atoms with E-state index in [1.165, 1.54) is 11.1 Å². The van der Waals surface area contributed by atoms with E-state index in [-0.39, 0.29) is 37.3 Å². The Labute approximate surface area is 209 Å². The summed E-state index contributed by atoms with van der Waals surface area (Å²) >= 11 is 0. The quantitative estimate of drug-likeness (QED) is 0.285.